The smallest absolute Gasteiger partial charge is 0.243 e. The van der Waals surface area contributed by atoms with E-state index in [0.29, 0.717) is 16.4 Å². The SMILES string of the molecule is Cc1ccc(Cl)cc1NC(=O)CNc1ccc(F)cc1Cl. The van der Waals surface area contributed by atoms with Crippen LogP contribution in [0.1, 0.15) is 5.56 Å². The third kappa shape index (κ3) is 4.34. The maximum atomic E-state index is 12.9. The molecule has 0 saturated carbocycles. The molecule has 2 rings (SSSR count). The molecular formula is C15H13Cl2FN2O. The number of amides is 1. The molecule has 0 aliphatic heterocycles. The lowest BCUT2D eigenvalue weighted by atomic mass is 10.2. The van der Waals surface area contributed by atoms with Gasteiger partial charge in [0.2, 0.25) is 5.91 Å². The number of anilines is 2. The zero-order valence-electron chi connectivity index (χ0n) is 11.2. The second-order valence-corrected chi connectivity index (χ2v) is 5.33. The van der Waals surface area contributed by atoms with Crippen LogP contribution in [-0.4, -0.2) is 12.5 Å². The van der Waals surface area contributed by atoms with Gasteiger partial charge in [-0.25, -0.2) is 4.39 Å². The molecule has 6 heteroatoms. The zero-order valence-corrected chi connectivity index (χ0v) is 12.7. The molecule has 0 radical (unpaired) electrons. The number of hydrogen-bond donors (Lipinski definition) is 2. The second kappa shape index (κ2) is 6.78. The molecule has 2 aromatic rings. The average Bonchev–Trinajstić information content (AvgIpc) is 2.42. The van der Waals surface area contributed by atoms with Crippen molar-refractivity contribution < 1.29 is 9.18 Å². The first kappa shape index (κ1) is 15.6. The molecule has 0 aliphatic carbocycles. The summed E-state index contributed by atoms with van der Waals surface area (Å²) in [5.74, 6) is -0.676. The van der Waals surface area contributed by atoms with Gasteiger partial charge >= 0.3 is 0 Å². The van der Waals surface area contributed by atoms with Gasteiger partial charge in [-0.2, -0.15) is 0 Å². The molecule has 0 heterocycles. The van der Waals surface area contributed by atoms with Crippen LogP contribution in [0.2, 0.25) is 10.0 Å². The van der Waals surface area contributed by atoms with Crippen LogP contribution in [0, 0.1) is 12.7 Å². The topological polar surface area (TPSA) is 41.1 Å². The maximum absolute atomic E-state index is 12.9. The van der Waals surface area contributed by atoms with Gasteiger partial charge in [0.25, 0.3) is 0 Å². The highest BCUT2D eigenvalue weighted by Crippen LogP contribution is 2.23. The van der Waals surface area contributed by atoms with Crippen molar-refractivity contribution in [1.29, 1.82) is 0 Å². The van der Waals surface area contributed by atoms with E-state index in [1.807, 2.05) is 13.0 Å². The number of nitrogens with one attached hydrogen (secondary N) is 2. The molecule has 3 nitrogen and oxygen atoms in total. The van der Waals surface area contributed by atoms with Crippen molar-refractivity contribution in [3.63, 3.8) is 0 Å². The molecule has 0 aliphatic rings. The van der Waals surface area contributed by atoms with Crippen LogP contribution in [0.5, 0.6) is 0 Å². The molecule has 21 heavy (non-hydrogen) atoms. The van der Waals surface area contributed by atoms with Crippen LogP contribution >= 0.6 is 23.2 Å². The lowest BCUT2D eigenvalue weighted by Crippen LogP contribution is -2.22. The number of hydrogen-bond acceptors (Lipinski definition) is 2. The van der Waals surface area contributed by atoms with E-state index in [9.17, 15) is 9.18 Å². The van der Waals surface area contributed by atoms with Gasteiger partial charge in [0.15, 0.2) is 0 Å². The summed E-state index contributed by atoms with van der Waals surface area (Å²) >= 11 is 11.8. The molecule has 0 unspecified atom stereocenters. The Morgan fingerprint density at radius 2 is 1.90 bits per heavy atom. The van der Waals surface area contributed by atoms with Crippen molar-refractivity contribution in [2.75, 3.05) is 17.2 Å². The average molecular weight is 327 g/mol. The second-order valence-electron chi connectivity index (χ2n) is 4.49. The molecule has 0 aromatic heterocycles. The third-order valence-electron chi connectivity index (χ3n) is 2.84. The molecule has 2 N–H and O–H groups in total. The summed E-state index contributed by atoms with van der Waals surface area (Å²) in [4.78, 5) is 11.9. The highest BCUT2D eigenvalue weighted by molar-refractivity contribution is 6.33. The van der Waals surface area contributed by atoms with Crippen molar-refractivity contribution in [3.05, 3.63) is 57.8 Å². The first-order valence-electron chi connectivity index (χ1n) is 6.20. The number of carbonyl (C=O) groups excluding carboxylic acids is 1. The molecule has 2 aromatic carbocycles. The fourth-order valence-electron chi connectivity index (χ4n) is 1.73. The summed E-state index contributed by atoms with van der Waals surface area (Å²) in [7, 11) is 0. The minimum atomic E-state index is -0.426. The van der Waals surface area contributed by atoms with Gasteiger partial charge in [-0.1, -0.05) is 29.3 Å². The predicted octanol–water partition coefficient (Wildman–Crippen LogP) is 4.49. The standard InChI is InChI=1S/C15H13Cl2FN2O/c1-9-2-3-10(16)6-14(9)20-15(21)8-19-13-5-4-11(18)7-12(13)17/h2-7,19H,8H2,1H3,(H,20,21). The summed E-state index contributed by atoms with van der Waals surface area (Å²) in [5.41, 5.74) is 2.06. The lowest BCUT2D eigenvalue weighted by Gasteiger charge is -2.11. The van der Waals surface area contributed by atoms with E-state index in [1.54, 1.807) is 12.1 Å². The van der Waals surface area contributed by atoms with E-state index < -0.39 is 5.82 Å². The van der Waals surface area contributed by atoms with Crippen LogP contribution < -0.4 is 10.6 Å². The Morgan fingerprint density at radius 1 is 1.14 bits per heavy atom. The number of benzene rings is 2. The van der Waals surface area contributed by atoms with Crippen LogP contribution in [-0.2, 0) is 4.79 Å². The normalized spacial score (nSPS) is 10.3. The van der Waals surface area contributed by atoms with E-state index in [0.717, 1.165) is 5.56 Å². The first-order chi connectivity index (χ1) is 9.95. The minimum absolute atomic E-state index is 0.0112. The Kier molecular flexibility index (Phi) is 5.04. The number of halogens is 3. The maximum Gasteiger partial charge on any atom is 0.243 e. The van der Waals surface area contributed by atoms with Gasteiger partial charge in [0.05, 0.1) is 17.3 Å². The van der Waals surface area contributed by atoms with E-state index >= 15 is 0 Å². The molecule has 0 bridgehead atoms. The van der Waals surface area contributed by atoms with Crippen molar-refractivity contribution in [3.8, 4) is 0 Å². The molecule has 0 saturated heterocycles. The van der Waals surface area contributed by atoms with E-state index in [-0.39, 0.29) is 17.5 Å². The van der Waals surface area contributed by atoms with Gasteiger partial charge in [-0.15, -0.1) is 0 Å². The van der Waals surface area contributed by atoms with Crippen molar-refractivity contribution in [1.82, 2.24) is 0 Å². The Bertz CT molecular complexity index is 677. The van der Waals surface area contributed by atoms with Gasteiger partial charge in [-0.05, 0) is 42.8 Å². The van der Waals surface area contributed by atoms with Crippen LogP contribution in [0.3, 0.4) is 0 Å². The largest absolute Gasteiger partial charge is 0.375 e. The monoisotopic (exact) mass is 326 g/mol. The number of aryl methyl sites for hydroxylation is 1. The van der Waals surface area contributed by atoms with E-state index in [1.165, 1.54) is 18.2 Å². The number of rotatable bonds is 4. The summed E-state index contributed by atoms with van der Waals surface area (Å²) in [5, 5.41) is 6.37. The summed E-state index contributed by atoms with van der Waals surface area (Å²) < 4.78 is 12.9. The fourth-order valence-corrected chi connectivity index (χ4v) is 2.14. The summed E-state index contributed by atoms with van der Waals surface area (Å²) in [6.45, 7) is 1.88. The Balaban J connectivity index is 1.97. The van der Waals surface area contributed by atoms with Crippen molar-refractivity contribution >= 4 is 40.5 Å². The van der Waals surface area contributed by atoms with Gasteiger partial charge in [0, 0.05) is 10.7 Å². The zero-order chi connectivity index (χ0) is 15.4. The quantitative estimate of drug-likeness (QED) is 0.869. The van der Waals surface area contributed by atoms with Crippen LogP contribution in [0.15, 0.2) is 36.4 Å². The Hall–Kier alpha value is -1.78. The van der Waals surface area contributed by atoms with Gasteiger partial charge in [0.1, 0.15) is 5.82 Å². The van der Waals surface area contributed by atoms with E-state index in [2.05, 4.69) is 10.6 Å². The van der Waals surface area contributed by atoms with Crippen molar-refractivity contribution in [2.45, 2.75) is 6.92 Å². The Morgan fingerprint density at radius 3 is 2.62 bits per heavy atom. The lowest BCUT2D eigenvalue weighted by molar-refractivity contribution is -0.114. The molecular weight excluding hydrogens is 314 g/mol. The highest BCUT2D eigenvalue weighted by atomic mass is 35.5. The molecule has 110 valence electrons. The summed E-state index contributed by atoms with van der Waals surface area (Å²) in [6, 6.07) is 9.19. The highest BCUT2D eigenvalue weighted by Gasteiger charge is 2.07. The molecule has 1 amide bonds. The van der Waals surface area contributed by atoms with Gasteiger partial charge in [-0.3, -0.25) is 4.79 Å². The van der Waals surface area contributed by atoms with Crippen LogP contribution in [0.25, 0.3) is 0 Å². The third-order valence-corrected chi connectivity index (χ3v) is 3.39. The Labute approximate surface area is 132 Å². The minimum Gasteiger partial charge on any atom is -0.375 e. The summed E-state index contributed by atoms with van der Waals surface area (Å²) in [6.07, 6.45) is 0. The molecule has 0 fully saturated rings. The van der Waals surface area contributed by atoms with Gasteiger partial charge < -0.3 is 10.6 Å². The predicted molar refractivity (Wildman–Crippen MR) is 84.7 cm³/mol. The van der Waals surface area contributed by atoms with E-state index in [4.69, 9.17) is 23.2 Å². The van der Waals surface area contributed by atoms with Crippen molar-refractivity contribution in [2.24, 2.45) is 0 Å². The number of carbonyl (C=O) groups is 1. The first-order valence-corrected chi connectivity index (χ1v) is 6.96. The molecule has 0 atom stereocenters. The fraction of sp³-hybridized carbons (Fsp3) is 0.133. The molecule has 0 spiro atoms. The van der Waals surface area contributed by atoms with Crippen LogP contribution in [0.4, 0.5) is 15.8 Å².